The lowest BCUT2D eigenvalue weighted by Gasteiger charge is -2.33. The maximum absolute atomic E-state index is 12.5. The Morgan fingerprint density at radius 1 is 1.32 bits per heavy atom. The van der Waals surface area contributed by atoms with Gasteiger partial charge in [-0.05, 0) is 59.7 Å². The molecule has 0 unspecified atom stereocenters. The van der Waals surface area contributed by atoms with Gasteiger partial charge in [0.2, 0.25) is 0 Å². The number of hydrogen-bond acceptors (Lipinski definition) is 2. The van der Waals surface area contributed by atoms with Crippen LogP contribution >= 0.6 is 15.9 Å². The van der Waals surface area contributed by atoms with Crippen molar-refractivity contribution in [1.29, 1.82) is 0 Å². The number of carbonyl (C=O) groups is 1. The molecule has 0 heterocycles. The van der Waals surface area contributed by atoms with Crippen LogP contribution < -0.4 is 5.73 Å². The number of nitrogen functional groups attached to an aromatic ring is 1. The van der Waals surface area contributed by atoms with Crippen molar-refractivity contribution in [2.24, 2.45) is 5.92 Å². The highest BCUT2D eigenvalue weighted by Gasteiger charge is 2.26. The van der Waals surface area contributed by atoms with Crippen LogP contribution in [0.5, 0.6) is 0 Å². The smallest absolute Gasteiger partial charge is 0.255 e. The highest BCUT2D eigenvalue weighted by atomic mass is 79.9. The molecule has 4 heteroatoms. The van der Waals surface area contributed by atoms with Crippen molar-refractivity contribution in [3.05, 3.63) is 28.2 Å². The summed E-state index contributed by atoms with van der Waals surface area (Å²) in [4.78, 5) is 14.4. The predicted molar refractivity (Wildman–Crippen MR) is 82.1 cm³/mol. The molecule has 0 radical (unpaired) electrons. The first kappa shape index (κ1) is 14.4. The molecule has 0 atom stereocenters. The topological polar surface area (TPSA) is 46.3 Å². The zero-order valence-corrected chi connectivity index (χ0v) is 13.1. The van der Waals surface area contributed by atoms with E-state index in [1.165, 1.54) is 12.8 Å². The Morgan fingerprint density at radius 2 is 1.95 bits per heavy atom. The molecule has 1 fully saturated rings. The fourth-order valence-electron chi connectivity index (χ4n) is 2.70. The van der Waals surface area contributed by atoms with E-state index in [0.29, 0.717) is 21.8 Å². The molecule has 1 aromatic rings. The highest BCUT2D eigenvalue weighted by Crippen LogP contribution is 2.29. The molecular weight excluding hydrogens is 304 g/mol. The monoisotopic (exact) mass is 324 g/mol. The fraction of sp³-hybridized carbons (Fsp3) is 0.533. The van der Waals surface area contributed by atoms with Crippen LogP contribution in [-0.4, -0.2) is 23.9 Å². The molecule has 104 valence electrons. The van der Waals surface area contributed by atoms with Gasteiger partial charge in [0.25, 0.3) is 5.91 Å². The second-order valence-corrected chi connectivity index (χ2v) is 6.33. The fourth-order valence-corrected chi connectivity index (χ4v) is 3.13. The third-order valence-electron chi connectivity index (χ3n) is 4.11. The number of hydrogen-bond donors (Lipinski definition) is 1. The van der Waals surface area contributed by atoms with E-state index in [9.17, 15) is 4.79 Å². The highest BCUT2D eigenvalue weighted by molar-refractivity contribution is 9.10. The largest absolute Gasteiger partial charge is 0.398 e. The van der Waals surface area contributed by atoms with Gasteiger partial charge in [-0.15, -0.1) is 0 Å². The quantitative estimate of drug-likeness (QED) is 0.843. The molecule has 2 rings (SSSR count). The second-order valence-electron chi connectivity index (χ2n) is 5.54. The summed E-state index contributed by atoms with van der Waals surface area (Å²) >= 11 is 3.41. The Kier molecular flexibility index (Phi) is 4.50. The van der Waals surface area contributed by atoms with E-state index < -0.39 is 0 Å². The normalized spacial score (nSPS) is 23.1. The van der Waals surface area contributed by atoms with Crippen LogP contribution in [0.4, 0.5) is 5.69 Å². The Balaban J connectivity index is 2.13. The van der Waals surface area contributed by atoms with Gasteiger partial charge in [-0.3, -0.25) is 4.79 Å². The number of benzene rings is 1. The average Bonchev–Trinajstić information content (AvgIpc) is 2.41. The molecule has 0 aromatic heterocycles. The molecule has 1 aliphatic carbocycles. The molecule has 0 bridgehead atoms. The summed E-state index contributed by atoms with van der Waals surface area (Å²) in [5, 5.41) is 0. The van der Waals surface area contributed by atoms with Crippen LogP contribution in [0.1, 0.15) is 43.0 Å². The van der Waals surface area contributed by atoms with Gasteiger partial charge in [0, 0.05) is 18.8 Å². The number of nitrogens with zero attached hydrogens (tertiary/aromatic N) is 1. The Hall–Kier alpha value is -1.03. The predicted octanol–water partition coefficient (Wildman–Crippen LogP) is 3.68. The third kappa shape index (κ3) is 3.11. The minimum Gasteiger partial charge on any atom is -0.398 e. The second kappa shape index (κ2) is 5.95. The summed E-state index contributed by atoms with van der Waals surface area (Å²) < 4.78 is 0.705. The number of anilines is 1. The lowest BCUT2D eigenvalue weighted by molar-refractivity contribution is 0.0678. The summed E-state index contributed by atoms with van der Waals surface area (Å²) in [5.74, 6) is 0.845. The molecule has 0 aliphatic heterocycles. The molecule has 1 aromatic carbocycles. The van der Waals surface area contributed by atoms with Crippen molar-refractivity contribution < 1.29 is 4.79 Å². The van der Waals surface area contributed by atoms with Gasteiger partial charge >= 0.3 is 0 Å². The Labute approximate surface area is 123 Å². The van der Waals surface area contributed by atoms with Gasteiger partial charge in [-0.25, -0.2) is 0 Å². The molecule has 3 nitrogen and oxygen atoms in total. The molecule has 2 N–H and O–H groups in total. The van der Waals surface area contributed by atoms with Crippen LogP contribution in [0.25, 0.3) is 0 Å². The zero-order chi connectivity index (χ0) is 14.0. The van der Waals surface area contributed by atoms with E-state index in [0.717, 1.165) is 18.8 Å². The molecule has 0 spiro atoms. The van der Waals surface area contributed by atoms with Crippen LogP contribution in [-0.2, 0) is 0 Å². The Bertz CT molecular complexity index is 467. The molecule has 1 saturated carbocycles. The first-order valence-electron chi connectivity index (χ1n) is 6.82. The third-order valence-corrected chi connectivity index (χ3v) is 5.00. The summed E-state index contributed by atoms with van der Waals surface area (Å²) in [6.45, 7) is 2.28. The van der Waals surface area contributed by atoms with Gasteiger partial charge < -0.3 is 10.6 Å². The number of halogens is 1. The van der Waals surface area contributed by atoms with Crippen LogP contribution in [0.2, 0.25) is 0 Å². The maximum atomic E-state index is 12.5. The van der Waals surface area contributed by atoms with Crippen molar-refractivity contribution in [1.82, 2.24) is 4.90 Å². The van der Waals surface area contributed by atoms with Crippen molar-refractivity contribution in [3.8, 4) is 0 Å². The van der Waals surface area contributed by atoms with Crippen LogP contribution in [0.3, 0.4) is 0 Å². The maximum Gasteiger partial charge on any atom is 0.255 e. The molecule has 1 amide bonds. The van der Waals surface area contributed by atoms with E-state index >= 15 is 0 Å². The molecule has 0 saturated heterocycles. The van der Waals surface area contributed by atoms with Crippen molar-refractivity contribution in [2.45, 2.75) is 38.6 Å². The number of amides is 1. The first-order valence-corrected chi connectivity index (χ1v) is 7.61. The number of rotatable bonds is 2. The van der Waals surface area contributed by atoms with Crippen molar-refractivity contribution >= 4 is 27.5 Å². The summed E-state index contributed by atoms with van der Waals surface area (Å²) in [5.41, 5.74) is 7.10. The molecule has 1 aliphatic rings. The summed E-state index contributed by atoms with van der Waals surface area (Å²) in [6, 6.07) is 5.80. The van der Waals surface area contributed by atoms with E-state index in [2.05, 4.69) is 22.9 Å². The standard InChI is InChI=1S/C15H21BrN2O/c1-10-6-8-11(9-7-10)18(2)15(19)12-4-3-5-13(17)14(12)16/h3-5,10-11H,6-9,17H2,1-2H3. The minimum absolute atomic E-state index is 0.0544. The van der Waals surface area contributed by atoms with E-state index in [-0.39, 0.29) is 5.91 Å². The van der Waals surface area contributed by atoms with Crippen molar-refractivity contribution in [3.63, 3.8) is 0 Å². The van der Waals surface area contributed by atoms with E-state index in [1.807, 2.05) is 24.1 Å². The lowest BCUT2D eigenvalue weighted by Crippen LogP contribution is -2.39. The lowest BCUT2D eigenvalue weighted by atomic mass is 9.86. The van der Waals surface area contributed by atoms with Crippen LogP contribution in [0, 0.1) is 5.92 Å². The van der Waals surface area contributed by atoms with Gasteiger partial charge in [0.05, 0.1) is 10.0 Å². The summed E-state index contributed by atoms with van der Waals surface area (Å²) in [6.07, 6.45) is 4.62. The SMILES string of the molecule is CC1CCC(N(C)C(=O)c2cccc(N)c2Br)CC1. The zero-order valence-electron chi connectivity index (χ0n) is 11.5. The number of nitrogens with two attached hydrogens (primary N) is 1. The average molecular weight is 325 g/mol. The van der Waals surface area contributed by atoms with Crippen LogP contribution in [0.15, 0.2) is 22.7 Å². The molecule has 19 heavy (non-hydrogen) atoms. The number of carbonyl (C=O) groups excluding carboxylic acids is 1. The van der Waals surface area contributed by atoms with Gasteiger partial charge in [0.15, 0.2) is 0 Å². The summed E-state index contributed by atoms with van der Waals surface area (Å²) in [7, 11) is 1.90. The van der Waals surface area contributed by atoms with E-state index in [4.69, 9.17) is 5.73 Å². The van der Waals surface area contributed by atoms with Gasteiger partial charge in [0.1, 0.15) is 0 Å². The molecular formula is C15H21BrN2O. The van der Waals surface area contributed by atoms with E-state index in [1.54, 1.807) is 6.07 Å². The van der Waals surface area contributed by atoms with Gasteiger partial charge in [-0.1, -0.05) is 13.0 Å². The van der Waals surface area contributed by atoms with Gasteiger partial charge in [-0.2, -0.15) is 0 Å². The van der Waals surface area contributed by atoms with Crippen molar-refractivity contribution in [2.75, 3.05) is 12.8 Å². The Morgan fingerprint density at radius 3 is 2.58 bits per heavy atom. The first-order chi connectivity index (χ1) is 9.00. The minimum atomic E-state index is 0.0544.